The fourth-order valence-electron chi connectivity index (χ4n) is 5.41. The number of hydrogen-bond acceptors (Lipinski definition) is 4. The molecule has 6 heteroatoms. The number of hydrogen-bond donors (Lipinski definition) is 1. The number of rotatable bonds is 5. The molecule has 2 aliphatic heterocycles. The molecule has 2 fully saturated rings. The van der Waals surface area contributed by atoms with E-state index < -0.39 is 0 Å². The molecule has 0 bridgehead atoms. The van der Waals surface area contributed by atoms with Crippen molar-refractivity contribution in [2.24, 2.45) is 5.41 Å². The lowest BCUT2D eigenvalue weighted by Crippen LogP contribution is -2.52. The van der Waals surface area contributed by atoms with Crippen molar-refractivity contribution in [3.8, 4) is 0 Å². The molecule has 174 valence electrons. The molecular weight excluding hydrogens is 412 g/mol. The predicted octanol–water partition coefficient (Wildman–Crippen LogP) is 3.67. The summed E-state index contributed by atoms with van der Waals surface area (Å²) in [7, 11) is 1.91. The maximum Gasteiger partial charge on any atom is 0.270 e. The number of piperidine rings is 2. The molecule has 1 spiro atoms. The van der Waals surface area contributed by atoms with Crippen molar-refractivity contribution in [3.63, 3.8) is 0 Å². The van der Waals surface area contributed by atoms with Crippen LogP contribution in [0.4, 0.5) is 0 Å². The van der Waals surface area contributed by atoms with Gasteiger partial charge in [0.25, 0.3) is 5.91 Å². The highest BCUT2D eigenvalue weighted by atomic mass is 16.2. The maximum absolute atomic E-state index is 12.7. The van der Waals surface area contributed by atoms with Crippen LogP contribution >= 0.6 is 0 Å². The highest BCUT2D eigenvalue weighted by Crippen LogP contribution is 2.50. The summed E-state index contributed by atoms with van der Waals surface area (Å²) >= 11 is 0. The molecule has 0 radical (unpaired) electrons. The third-order valence-electron chi connectivity index (χ3n) is 7.32. The van der Waals surface area contributed by atoms with Crippen molar-refractivity contribution in [1.82, 2.24) is 20.1 Å². The molecule has 2 saturated heterocycles. The van der Waals surface area contributed by atoms with E-state index in [0.717, 1.165) is 49.4 Å². The zero-order valence-electron chi connectivity index (χ0n) is 19.9. The summed E-state index contributed by atoms with van der Waals surface area (Å²) in [6.45, 7) is 10.9. The van der Waals surface area contributed by atoms with Crippen LogP contribution < -0.4 is 5.32 Å². The van der Waals surface area contributed by atoms with Gasteiger partial charge in [-0.2, -0.15) is 0 Å². The quantitative estimate of drug-likeness (QED) is 0.761. The average molecular weight is 447 g/mol. The summed E-state index contributed by atoms with van der Waals surface area (Å²) in [6, 6.07) is 14.4. The Kier molecular flexibility index (Phi) is 6.54. The van der Waals surface area contributed by atoms with Crippen LogP contribution in [-0.4, -0.2) is 59.8 Å². The predicted molar refractivity (Wildman–Crippen MR) is 130 cm³/mol. The van der Waals surface area contributed by atoms with Crippen molar-refractivity contribution >= 4 is 11.8 Å². The second-order valence-corrected chi connectivity index (χ2v) is 9.68. The first kappa shape index (κ1) is 23.0. The molecule has 1 N–H and O–H groups in total. The van der Waals surface area contributed by atoms with Crippen LogP contribution in [0.5, 0.6) is 0 Å². The zero-order chi connectivity index (χ0) is 23.6. The van der Waals surface area contributed by atoms with E-state index in [2.05, 4.69) is 46.0 Å². The van der Waals surface area contributed by atoms with Gasteiger partial charge in [-0.05, 0) is 55.4 Å². The van der Waals surface area contributed by atoms with Crippen molar-refractivity contribution in [1.29, 1.82) is 0 Å². The molecule has 0 aliphatic carbocycles. The van der Waals surface area contributed by atoms with Crippen LogP contribution in [-0.2, 0) is 4.79 Å². The minimum absolute atomic E-state index is 0.0199. The van der Waals surface area contributed by atoms with Crippen LogP contribution in [0.1, 0.15) is 52.5 Å². The van der Waals surface area contributed by atoms with E-state index in [1.165, 1.54) is 5.56 Å². The lowest BCUT2D eigenvalue weighted by atomic mass is 9.62. The average Bonchev–Trinajstić information content (AvgIpc) is 2.80. The Morgan fingerprint density at radius 1 is 1.18 bits per heavy atom. The molecule has 33 heavy (non-hydrogen) atoms. The van der Waals surface area contributed by atoms with Gasteiger partial charge in [-0.15, -0.1) is 0 Å². The fraction of sp³-hybridized carbons (Fsp3) is 0.444. The number of amides is 2. The van der Waals surface area contributed by atoms with E-state index in [-0.39, 0.29) is 17.2 Å². The second kappa shape index (κ2) is 9.38. The smallest absolute Gasteiger partial charge is 0.270 e. The minimum Gasteiger partial charge on any atom is -0.374 e. The number of nitrogens with zero attached hydrogens (tertiary/aromatic N) is 3. The Balaban J connectivity index is 1.39. The summed E-state index contributed by atoms with van der Waals surface area (Å²) in [6.07, 6.45) is 2.48. The number of benzene rings is 1. The molecule has 0 saturated carbocycles. The molecule has 3 heterocycles. The molecule has 4 rings (SSSR count). The van der Waals surface area contributed by atoms with Gasteiger partial charge in [-0.25, -0.2) is 4.98 Å². The maximum atomic E-state index is 12.7. The number of aryl methyl sites for hydroxylation is 2. The van der Waals surface area contributed by atoms with Crippen LogP contribution in [0, 0.1) is 19.3 Å². The summed E-state index contributed by atoms with van der Waals surface area (Å²) in [5, 5.41) is 2.97. The highest BCUT2D eigenvalue weighted by Gasteiger charge is 2.47. The van der Waals surface area contributed by atoms with Gasteiger partial charge in [0.15, 0.2) is 0 Å². The van der Waals surface area contributed by atoms with E-state index in [9.17, 15) is 9.59 Å². The first-order valence-corrected chi connectivity index (χ1v) is 11.7. The zero-order valence-corrected chi connectivity index (χ0v) is 19.9. The largest absolute Gasteiger partial charge is 0.374 e. The lowest BCUT2D eigenvalue weighted by molar-refractivity contribution is -0.139. The number of likely N-dealkylation sites (N-methyl/N-ethyl adjacent to an activating group) is 1. The number of nitrogens with one attached hydrogen (secondary N) is 1. The SMILES string of the molecule is C=C(CNC(=O)c1cc(C)cc(C)n1)N1CCC2(CC1)CC(=O)N(C)CC2c1ccccc1. The third-order valence-corrected chi connectivity index (χ3v) is 7.32. The highest BCUT2D eigenvalue weighted by molar-refractivity contribution is 5.92. The van der Waals surface area contributed by atoms with Crippen LogP contribution in [0.15, 0.2) is 54.7 Å². The Labute approximate surface area is 196 Å². The number of carbonyl (C=O) groups is 2. The van der Waals surface area contributed by atoms with Gasteiger partial charge in [-0.1, -0.05) is 36.9 Å². The number of likely N-dealkylation sites (tertiary alicyclic amines) is 2. The van der Waals surface area contributed by atoms with E-state index >= 15 is 0 Å². The Morgan fingerprint density at radius 3 is 2.55 bits per heavy atom. The van der Waals surface area contributed by atoms with Crippen LogP contribution in [0.3, 0.4) is 0 Å². The monoisotopic (exact) mass is 446 g/mol. The van der Waals surface area contributed by atoms with Crippen molar-refractivity contribution < 1.29 is 9.59 Å². The molecule has 1 aromatic carbocycles. The molecule has 2 aliphatic rings. The van der Waals surface area contributed by atoms with Gasteiger partial charge in [0.1, 0.15) is 5.69 Å². The molecule has 1 unspecified atom stereocenters. The topological polar surface area (TPSA) is 65.5 Å². The summed E-state index contributed by atoms with van der Waals surface area (Å²) in [4.78, 5) is 33.7. The Morgan fingerprint density at radius 2 is 1.88 bits per heavy atom. The van der Waals surface area contributed by atoms with E-state index in [1.54, 1.807) is 6.07 Å². The molecule has 1 aromatic heterocycles. The second-order valence-electron chi connectivity index (χ2n) is 9.68. The normalized spacial score (nSPS) is 20.1. The van der Waals surface area contributed by atoms with Gasteiger partial charge in [0.2, 0.25) is 5.91 Å². The van der Waals surface area contributed by atoms with E-state index in [4.69, 9.17) is 0 Å². The van der Waals surface area contributed by atoms with Crippen molar-refractivity contribution in [2.45, 2.75) is 39.0 Å². The van der Waals surface area contributed by atoms with E-state index in [1.807, 2.05) is 37.9 Å². The van der Waals surface area contributed by atoms with Gasteiger partial charge < -0.3 is 15.1 Å². The van der Waals surface area contributed by atoms with Gasteiger partial charge >= 0.3 is 0 Å². The Hall–Kier alpha value is -3.15. The van der Waals surface area contributed by atoms with Gasteiger partial charge in [0.05, 0.1) is 6.54 Å². The fourth-order valence-corrected chi connectivity index (χ4v) is 5.41. The Bertz CT molecular complexity index is 1020. The van der Waals surface area contributed by atoms with Crippen LogP contribution in [0.25, 0.3) is 0 Å². The van der Waals surface area contributed by atoms with Gasteiger partial charge in [0, 0.05) is 50.4 Å². The number of aromatic nitrogens is 1. The van der Waals surface area contributed by atoms with Gasteiger partial charge in [-0.3, -0.25) is 9.59 Å². The molecule has 2 aromatic rings. The van der Waals surface area contributed by atoms with Crippen molar-refractivity contribution in [3.05, 3.63) is 77.3 Å². The van der Waals surface area contributed by atoms with Crippen molar-refractivity contribution in [2.75, 3.05) is 33.2 Å². The first-order valence-electron chi connectivity index (χ1n) is 11.7. The minimum atomic E-state index is -0.179. The summed E-state index contributed by atoms with van der Waals surface area (Å²) in [5.74, 6) is 0.399. The standard InChI is InChI=1S/C27H34N4O2/c1-19-14-20(2)29-24(15-19)26(33)28-17-21(3)31-12-10-27(11-13-31)16-25(32)30(4)18-23(27)22-8-6-5-7-9-22/h5-9,14-15,23H,3,10-13,16-18H2,1-2,4H3,(H,28,33). The summed E-state index contributed by atoms with van der Waals surface area (Å²) in [5.41, 5.74) is 4.49. The molecule has 6 nitrogen and oxygen atoms in total. The molecule has 1 atom stereocenters. The van der Waals surface area contributed by atoms with E-state index in [0.29, 0.717) is 24.6 Å². The number of carbonyl (C=O) groups excluding carboxylic acids is 2. The number of pyridine rings is 1. The summed E-state index contributed by atoms with van der Waals surface area (Å²) < 4.78 is 0. The molecular formula is C27H34N4O2. The molecule has 2 amide bonds. The first-order chi connectivity index (χ1) is 15.8. The lowest BCUT2D eigenvalue weighted by Gasteiger charge is -2.51. The third kappa shape index (κ3) is 4.95. The van der Waals surface area contributed by atoms with Crippen LogP contribution in [0.2, 0.25) is 0 Å².